The van der Waals surface area contributed by atoms with E-state index in [1.807, 2.05) is 0 Å². The molecule has 0 aliphatic rings. The lowest BCUT2D eigenvalue weighted by molar-refractivity contribution is 0.0689. The van der Waals surface area contributed by atoms with Gasteiger partial charge in [0.1, 0.15) is 5.75 Å². The van der Waals surface area contributed by atoms with Crippen molar-refractivity contribution in [2.45, 2.75) is 6.54 Å². The number of hydrogen-bond acceptors (Lipinski definition) is 7. The van der Waals surface area contributed by atoms with Crippen LogP contribution in [0.4, 0.5) is 11.6 Å². The molecule has 5 rings (SSSR count). The van der Waals surface area contributed by atoms with Crippen molar-refractivity contribution in [3.8, 4) is 17.3 Å². The van der Waals surface area contributed by atoms with Gasteiger partial charge in [-0.05, 0) is 60.2 Å². The second kappa shape index (κ2) is 11.0. The number of carboxylic acid groups (broad SMARTS) is 1. The normalized spacial score (nSPS) is 10.7. The lowest BCUT2D eigenvalue weighted by Crippen LogP contribution is -2.41. The summed E-state index contributed by atoms with van der Waals surface area (Å²) >= 11 is 6.02. The highest BCUT2D eigenvalue weighted by atomic mass is 35.5. The molecule has 39 heavy (non-hydrogen) atoms. The summed E-state index contributed by atoms with van der Waals surface area (Å²) in [5.41, 5.74) is 0.278. The van der Waals surface area contributed by atoms with Gasteiger partial charge in [-0.3, -0.25) is 4.57 Å². The molecule has 2 N–H and O–H groups in total. The molecular formula is C28H20ClN5O5. The van der Waals surface area contributed by atoms with Crippen molar-refractivity contribution >= 4 is 29.2 Å². The summed E-state index contributed by atoms with van der Waals surface area (Å²) in [6.07, 6.45) is 0. The highest BCUT2D eigenvalue weighted by molar-refractivity contribution is 6.30. The van der Waals surface area contributed by atoms with E-state index in [0.29, 0.717) is 22.1 Å². The maximum Gasteiger partial charge on any atom is 0.359 e. The van der Waals surface area contributed by atoms with E-state index >= 15 is 0 Å². The Morgan fingerprint density at radius 2 is 1.59 bits per heavy atom. The van der Waals surface area contributed by atoms with Crippen LogP contribution in [0.1, 0.15) is 16.1 Å². The van der Waals surface area contributed by atoms with Crippen molar-refractivity contribution in [3.05, 3.63) is 134 Å². The first kappa shape index (κ1) is 25.4. The number of halogens is 1. The van der Waals surface area contributed by atoms with Gasteiger partial charge in [-0.25, -0.2) is 23.9 Å². The number of aromatic carboxylic acids is 1. The number of anilines is 2. The zero-order valence-corrected chi connectivity index (χ0v) is 20.9. The van der Waals surface area contributed by atoms with E-state index in [1.54, 1.807) is 84.9 Å². The molecule has 0 saturated heterocycles. The van der Waals surface area contributed by atoms with Crippen molar-refractivity contribution in [2.24, 2.45) is 0 Å². The van der Waals surface area contributed by atoms with Crippen LogP contribution in [0.3, 0.4) is 0 Å². The number of nitrogens with one attached hydrogen (secondary N) is 1. The van der Waals surface area contributed by atoms with Gasteiger partial charge in [0, 0.05) is 16.8 Å². The Hall–Kier alpha value is -5.22. The van der Waals surface area contributed by atoms with E-state index < -0.39 is 17.3 Å². The average Bonchev–Trinajstić information content (AvgIpc) is 2.94. The van der Waals surface area contributed by atoms with Crippen LogP contribution < -0.4 is 21.4 Å². The van der Waals surface area contributed by atoms with Gasteiger partial charge in [0.15, 0.2) is 5.69 Å². The molecule has 10 nitrogen and oxygen atoms in total. The Balaban J connectivity index is 1.47. The lowest BCUT2D eigenvalue weighted by Gasteiger charge is -2.16. The number of carboxylic acids is 1. The average molecular weight is 542 g/mol. The van der Waals surface area contributed by atoms with Crippen LogP contribution in [-0.4, -0.2) is 30.2 Å². The summed E-state index contributed by atoms with van der Waals surface area (Å²) in [5.74, 6) is -0.580. The molecule has 11 heteroatoms. The van der Waals surface area contributed by atoms with Crippen molar-refractivity contribution in [3.63, 3.8) is 0 Å². The summed E-state index contributed by atoms with van der Waals surface area (Å²) in [5, 5.41) is 12.7. The van der Waals surface area contributed by atoms with Crippen molar-refractivity contribution in [1.29, 1.82) is 0 Å². The highest BCUT2D eigenvalue weighted by Gasteiger charge is 2.16. The zero-order chi connectivity index (χ0) is 27.4. The fraction of sp³-hybridized carbons (Fsp3) is 0.0357. The Morgan fingerprint density at radius 1 is 0.872 bits per heavy atom. The third kappa shape index (κ3) is 5.86. The number of pyridine rings is 1. The first-order valence-corrected chi connectivity index (χ1v) is 12.0. The molecule has 194 valence electrons. The number of hydrogen-bond donors (Lipinski definition) is 2. The minimum atomic E-state index is -1.16. The second-order valence-electron chi connectivity index (χ2n) is 8.30. The summed E-state index contributed by atoms with van der Waals surface area (Å²) in [6, 6.07) is 26.6. The summed E-state index contributed by atoms with van der Waals surface area (Å²) in [6.45, 7) is 0.130. The molecule has 0 fully saturated rings. The molecule has 0 unspecified atom stereocenters. The minimum absolute atomic E-state index is 0.0524. The van der Waals surface area contributed by atoms with Crippen LogP contribution in [0.2, 0.25) is 5.02 Å². The number of benzene rings is 3. The fourth-order valence-electron chi connectivity index (χ4n) is 3.75. The number of aromatic nitrogens is 4. The van der Waals surface area contributed by atoms with Crippen molar-refractivity contribution in [2.75, 3.05) is 5.32 Å². The number of rotatable bonds is 8. The van der Waals surface area contributed by atoms with Crippen molar-refractivity contribution < 1.29 is 14.6 Å². The largest absolute Gasteiger partial charge is 0.477 e. The summed E-state index contributed by atoms with van der Waals surface area (Å²) in [7, 11) is 0. The Kier molecular flexibility index (Phi) is 7.19. The first-order valence-electron chi connectivity index (χ1n) is 11.7. The van der Waals surface area contributed by atoms with Gasteiger partial charge in [-0.15, -0.1) is 0 Å². The smallest absolute Gasteiger partial charge is 0.359 e. The standard InChI is InChI=1S/C28H20ClN5O5/c29-19-11-9-18(10-12-19)17-33-26(32-27(37)34(28(33)38)21-5-2-1-3-6-21)30-20-13-15-22(16-14-20)39-24-8-4-7-23(31-24)25(35)36/h1-16H,17H2,(H,35,36)(H,30,32,37). The molecule has 3 aromatic carbocycles. The zero-order valence-electron chi connectivity index (χ0n) is 20.2. The molecule has 0 aliphatic carbocycles. The molecule has 0 atom stereocenters. The molecule has 0 aliphatic heterocycles. The lowest BCUT2D eigenvalue weighted by atomic mass is 10.2. The number of ether oxygens (including phenoxy) is 1. The molecular weight excluding hydrogens is 522 g/mol. The quantitative estimate of drug-likeness (QED) is 0.289. The van der Waals surface area contributed by atoms with Crippen LogP contribution in [0.15, 0.2) is 107 Å². The molecule has 0 spiro atoms. The van der Waals surface area contributed by atoms with E-state index in [0.717, 1.165) is 10.1 Å². The van der Waals surface area contributed by atoms with Crippen molar-refractivity contribution in [1.82, 2.24) is 19.1 Å². The molecule has 0 bridgehead atoms. The fourth-order valence-corrected chi connectivity index (χ4v) is 3.88. The van der Waals surface area contributed by atoms with Gasteiger partial charge < -0.3 is 15.2 Å². The predicted octanol–water partition coefficient (Wildman–Crippen LogP) is 4.73. The highest BCUT2D eigenvalue weighted by Crippen LogP contribution is 2.23. The minimum Gasteiger partial charge on any atom is -0.477 e. The maximum atomic E-state index is 13.6. The molecule has 2 heterocycles. The van der Waals surface area contributed by atoms with E-state index in [1.165, 1.54) is 16.7 Å². The van der Waals surface area contributed by atoms with E-state index in [4.69, 9.17) is 21.4 Å². The van der Waals surface area contributed by atoms with Gasteiger partial charge in [-0.2, -0.15) is 4.98 Å². The van der Waals surface area contributed by atoms with Crippen LogP contribution in [-0.2, 0) is 6.54 Å². The Labute approximate surface area is 226 Å². The molecule has 5 aromatic rings. The van der Waals surface area contributed by atoms with Crippen LogP contribution in [0.25, 0.3) is 5.69 Å². The Bertz CT molecular complexity index is 1750. The molecule has 2 aromatic heterocycles. The number of para-hydroxylation sites is 1. The monoisotopic (exact) mass is 541 g/mol. The van der Waals surface area contributed by atoms with Gasteiger partial charge in [0.05, 0.1) is 12.2 Å². The summed E-state index contributed by atoms with van der Waals surface area (Å²) < 4.78 is 8.03. The molecule has 0 radical (unpaired) electrons. The maximum absolute atomic E-state index is 13.6. The third-order valence-electron chi connectivity index (χ3n) is 5.61. The number of nitrogens with zero attached hydrogens (tertiary/aromatic N) is 4. The first-order chi connectivity index (χ1) is 18.9. The Morgan fingerprint density at radius 3 is 2.28 bits per heavy atom. The van der Waals surface area contributed by atoms with Gasteiger partial charge in [-0.1, -0.05) is 48.0 Å². The topological polar surface area (TPSA) is 128 Å². The second-order valence-corrected chi connectivity index (χ2v) is 8.74. The van der Waals surface area contributed by atoms with E-state index in [-0.39, 0.29) is 24.1 Å². The van der Waals surface area contributed by atoms with Gasteiger partial charge in [0.25, 0.3) is 0 Å². The third-order valence-corrected chi connectivity index (χ3v) is 5.87. The predicted molar refractivity (Wildman–Crippen MR) is 146 cm³/mol. The van der Waals surface area contributed by atoms with Crippen LogP contribution in [0.5, 0.6) is 11.6 Å². The number of carbonyl (C=O) groups is 1. The molecule has 0 saturated carbocycles. The van der Waals surface area contributed by atoms with E-state index in [2.05, 4.69) is 15.3 Å². The SMILES string of the molecule is O=C(O)c1cccc(Oc2ccc(Nc3nc(=O)n(-c4ccccc4)c(=O)n3Cc3ccc(Cl)cc3)cc2)n1. The van der Waals surface area contributed by atoms with E-state index in [9.17, 15) is 14.4 Å². The van der Waals surface area contributed by atoms with Crippen LogP contribution >= 0.6 is 11.6 Å². The van der Waals surface area contributed by atoms with Crippen LogP contribution in [0, 0.1) is 0 Å². The summed E-state index contributed by atoms with van der Waals surface area (Å²) in [4.78, 5) is 45.8. The van der Waals surface area contributed by atoms with Gasteiger partial charge >= 0.3 is 17.3 Å². The van der Waals surface area contributed by atoms with Gasteiger partial charge in [0.2, 0.25) is 11.8 Å². The molecule has 0 amide bonds.